The third-order valence-corrected chi connectivity index (χ3v) is 5.28. The molecule has 3 atom stereocenters. The molecule has 0 saturated heterocycles. The maximum Gasteiger partial charge on any atom is 0.307 e. The van der Waals surface area contributed by atoms with Gasteiger partial charge in [-0.3, -0.25) is 9.89 Å². The topological polar surface area (TPSA) is 78.9 Å². The van der Waals surface area contributed by atoms with Gasteiger partial charge in [-0.05, 0) is 30.7 Å². The highest BCUT2D eigenvalue weighted by atomic mass is 32.2. The largest absolute Gasteiger partial charge is 0.481 e. The van der Waals surface area contributed by atoms with Crippen molar-refractivity contribution in [3.05, 3.63) is 42.2 Å². The fraction of sp³-hybridized carbons (Fsp3) is 0.400. The molecule has 0 amide bonds. The van der Waals surface area contributed by atoms with E-state index in [0.717, 1.165) is 12.8 Å². The summed E-state index contributed by atoms with van der Waals surface area (Å²) in [6.45, 7) is 0. The van der Waals surface area contributed by atoms with Gasteiger partial charge in [0, 0.05) is 5.25 Å². The zero-order valence-corrected chi connectivity index (χ0v) is 12.3. The van der Waals surface area contributed by atoms with E-state index in [1.54, 1.807) is 0 Å². The van der Waals surface area contributed by atoms with Crippen molar-refractivity contribution >= 4 is 17.7 Å². The molecule has 0 aliphatic heterocycles. The smallest absolute Gasteiger partial charge is 0.307 e. The highest BCUT2D eigenvalue weighted by Gasteiger charge is 2.36. The van der Waals surface area contributed by atoms with E-state index in [9.17, 15) is 9.90 Å². The summed E-state index contributed by atoms with van der Waals surface area (Å²) < 4.78 is 0. The molecular formula is C15H17N3O2S. The summed E-state index contributed by atoms with van der Waals surface area (Å²) in [7, 11) is 0. The van der Waals surface area contributed by atoms with Gasteiger partial charge in [0.2, 0.25) is 0 Å². The number of aliphatic carboxylic acids is 1. The summed E-state index contributed by atoms with van der Waals surface area (Å²) in [6.07, 6.45) is 3.94. The van der Waals surface area contributed by atoms with Gasteiger partial charge in [0.15, 0.2) is 5.16 Å². The Labute approximate surface area is 127 Å². The van der Waals surface area contributed by atoms with Crippen LogP contribution in [0.3, 0.4) is 0 Å². The number of nitrogens with one attached hydrogen (secondary N) is 1. The van der Waals surface area contributed by atoms with Crippen LogP contribution < -0.4 is 0 Å². The first-order chi connectivity index (χ1) is 10.2. The van der Waals surface area contributed by atoms with Crippen LogP contribution in [0.4, 0.5) is 0 Å². The predicted octanol–water partition coefficient (Wildman–Crippen LogP) is 2.93. The third-order valence-electron chi connectivity index (χ3n) is 4.04. The number of H-pyrrole nitrogens is 1. The summed E-state index contributed by atoms with van der Waals surface area (Å²) in [6, 6.07) is 10.3. The molecule has 1 aliphatic carbocycles. The van der Waals surface area contributed by atoms with Crippen molar-refractivity contribution in [1.29, 1.82) is 0 Å². The van der Waals surface area contributed by atoms with Crippen LogP contribution in [0.15, 0.2) is 41.8 Å². The molecule has 2 N–H and O–H groups in total. The van der Waals surface area contributed by atoms with Crippen molar-refractivity contribution in [3.8, 4) is 0 Å². The van der Waals surface area contributed by atoms with Gasteiger partial charge in [-0.25, -0.2) is 4.98 Å². The molecule has 1 aromatic carbocycles. The summed E-state index contributed by atoms with van der Waals surface area (Å²) >= 11 is 1.50. The zero-order valence-electron chi connectivity index (χ0n) is 11.5. The lowest BCUT2D eigenvalue weighted by Gasteiger charge is -2.33. The van der Waals surface area contributed by atoms with E-state index in [1.807, 2.05) is 18.2 Å². The minimum atomic E-state index is -0.710. The molecule has 1 heterocycles. The second kappa shape index (κ2) is 6.30. The molecule has 0 spiro atoms. The molecule has 1 aromatic heterocycles. The normalized spacial score (nSPS) is 25.6. The van der Waals surface area contributed by atoms with E-state index in [4.69, 9.17) is 0 Å². The Hall–Kier alpha value is -1.82. The first-order valence-corrected chi connectivity index (χ1v) is 7.92. The van der Waals surface area contributed by atoms with Crippen LogP contribution in [-0.4, -0.2) is 31.5 Å². The first-order valence-electron chi connectivity index (χ1n) is 7.04. The van der Waals surface area contributed by atoms with Crippen molar-refractivity contribution in [2.24, 2.45) is 5.92 Å². The lowest BCUT2D eigenvalue weighted by Crippen LogP contribution is -2.32. The van der Waals surface area contributed by atoms with Crippen molar-refractivity contribution < 1.29 is 9.90 Å². The quantitative estimate of drug-likeness (QED) is 0.908. The number of benzene rings is 1. The van der Waals surface area contributed by atoms with Gasteiger partial charge in [0.25, 0.3) is 0 Å². The minimum absolute atomic E-state index is 0.0226. The molecule has 0 bridgehead atoms. The second-order valence-electron chi connectivity index (χ2n) is 5.31. The molecular weight excluding hydrogens is 286 g/mol. The van der Waals surface area contributed by atoms with Crippen molar-refractivity contribution in [2.75, 3.05) is 0 Å². The third kappa shape index (κ3) is 3.26. The molecule has 1 aliphatic rings. The number of aromatic amines is 1. The lowest BCUT2D eigenvalue weighted by molar-refractivity contribution is -0.142. The molecule has 3 unspecified atom stereocenters. The molecule has 2 aromatic rings. The first kappa shape index (κ1) is 14.1. The van der Waals surface area contributed by atoms with E-state index in [0.29, 0.717) is 17.5 Å². The van der Waals surface area contributed by atoms with Gasteiger partial charge >= 0.3 is 5.97 Å². The number of hydrogen-bond acceptors (Lipinski definition) is 4. The lowest BCUT2D eigenvalue weighted by atomic mass is 9.78. The monoisotopic (exact) mass is 303 g/mol. The fourth-order valence-electron chi connectivity index (χ4n) is 2.96. The van der Waals surface area contributed by atoms with Crippen LogP contribution >= 0.6 is 11.8 Å². The standard InChI is InChI=1S/C15H17N3O2S/c19-14(20)12-7-6-11(10-4-2-1-3-5-10)8-13(12)21-15-16-9-17-18-15/h1-5,9,11-13H,6-8H2,(H,19,20)(H,16,17,18). The summed E-state index contributed by atoms with van der Waals surface area (Å²) in [5.41, 5.74) is 1.30. The van der Waals surface area contributed by atoms with Gasteiger partial charge in [-0.2, -0.15) is 5.10 Å². The summed E-state index contributed by atoms with van der Waals surface area (Å²) in [5.74, 6) is -0.610. The van der Waals surface area contributed by atoms with Gasteiger partial charge in [-0.15, -0.1) is 0 Å². The molecule has 1 fully saturated rings. The number of nitrogens with zero attached hydrogens (tertiary/aromatic N) is 2. The molecule has 5 nitrogen and oxygen atoms in total. The molecule has 110 valence electrons. The SMILES string of the molecule is O=C(O)C1CCC(c2ccccc2)CC1Sc1ncn[nH]1. The molecule has 3 rings (SSSR count). The number of aromatic nitrogens is 3. The molecule has 0 radical (unpaired) electrons. The van der Waals surface area contributed by atoms with E-state index in [-0.39, 0.29) is 11.2 Å². The Balaban J connectivity index is 1.77. The Morgan fingerprint density at radius 1 is 1.29 bits per heavy atom. The molecule has 6 heteroatoms. The number of rotatable bonds is 4. The summed E-state index contributed by atoms with van der Waals surface area (Å²) in [5, 5.41) is 16.8. The van der Waals surface area contributed by atoms with Crippen LogP contribution in [-0.2, 0) is 4.79 Å². The van der Waals surface area contributed by atoms with E-state index < -0.39 is 5.97 Å². The molecule has 21 heavy (non-hydrogen) atoms. The van der Waals surface area contributed by atoms with Crippen LogP contribution in [0, 0.1) is 5.92 Å². The van der Waals surface area contributed by atoms with Gasteiger partial charge in [0.05, 0.1) is 5.92 Å². The Morgan fingerprint density at radius 2 is 2.10 bits per heavy atom. The number of carbonyl (C=O) groups is 1. The van der Waals surface area contributed by atoms with E-state index in [2.05, 4.69) is 27.3 Å². The van der Waals surface area contributed by atoms with Gasteiger partial charge in [-0.1, -0.05) is 42.1 Å². The van der Waals surface area contributed by atoms with Crippen molar-refractivity contribution in [2.45, 2.75) is 35.6 Å². The van der Waals surface area contributed by atoms with Gasteiger partial charge in [0.1, 0.15) is 6.33 Å². The van der Waals surface area contributed by atoms with Crippen LogP contribution in [0.5, 0.6) is 0 Å². The van der Waals surface area contributed by atoms with E-state index >= 15 is 0 Å². The summed E-state index contributed by atoms with van der Waals surface area (Å²) in [4.78, 5) is 15.6. The average Bonchev–Trinajstić information content (AvgIpc) is 3.01. The van der Waals surface area contributed by atoms with Crippen LogP contribution in [0.25, 0.3) is 0 Å². The molecule has 1 saturated carbocycles. The zero-order chi connectivity index (χ0) is 14.7. The number of carboxylic acid groups (broad SMARTS) is 1. The van der Waals surface area contributed by atoms with Crippen LogP contribution in [0.2, 0.25) is 0 Å². The maximum absolute atomic E-state index is 11.5. The predicted molar refractivity (Wildman–Crippen MR) is 80.2 cm³/mol. The number of thioether (sulfide) groups is 1. The maximum atomic E-state index is 11.5. The van der Waals surface area contributed by atoms with Crippen LogP contribution in [0.1, 0.15) is 30.7 Å². The highest BCUT2D eigenvalue weighted by molar-refractivity contribution is 7.99. The van der Waals surface area contributed by atoms with E-state index in [1.165, 1.54) is 23.7 Å². The average molecular weight is 303 g/mol. The number of hydrogen-bond donors (Lipinski definition) is 2. The minimum Gasteiger partial charge on any atom is -0.481 e. The Morgan fingerprint density at radius 3 is 2.76 bits per heavy atom. The Kier molecular flexibility index (Phi) is 4.24. The fourth-order valence-corrected chi connectivity index (χ4v) is 4.21. The van der Waals surface area contributed by atoms with Crippen molar-refractivity contribution in [3.63, 3.8) is 0 Å². The number of carboxylic acids is 1. The van der Waals surface area contributed by atoms with Gasteiger partial charge < -0.3 is 5.11 Å². The Bertz CT molecular complexity index is 588. The highest BCUT2D eigenvalue weighted by Crippen LogP contribution is 2.42. The van der Waals surface area contributed by atoms with Crippen molar-refractivity contribution in [1.82, 2.24) is 15.2 Å². The second-order valence-corrected chi connectivity index (χ2v) is 6.54.